The molecule has 0 aliphatic carbocycles. The SMILES string of the molecule is CN1CC(C=O)(N2C=CON2)C=N1. The minimum Gasteiger partial charge on any atom is -0.395 e. The van der Waals surface area contributed by atoms with Gasteiger partial charge in [0.05, 0.1) is 19.0 Å². The zero-order valence-corrected chi connectivity index (χ0v) is 7.17. The summed E-state index contributed by atoms with van der Waals surface area (Å²) in [5, 5.41) is 7.28. The van der Waals surface area contributed by atoms with Gasteiger partial charge in [0.15, 0.2) is 11.8 Å². The molecule has 0 spiro atoms. The lowest BCUT2D eigenvalue weighted by Gasteiger charge is -2.29. The number of nitrogens with one attached hydrogen (secondary N) is 1. The Morgan fingerprint density at radius 2 is 2.62 bits per heavy atom. The summed E-state index contributed by atoms with van der Waals surface area (Å²) in [7, 11) is 1.81. The van der Waals surface area contributed by atoms with Crippen LogP contribution in [0.3, 0.4) is 0 Å². The Bertz CT molecular complexity index is 278. The molecule has 6 nitrogen and oxygen atoms in total. The van der Waals surface area contributed by atoms with Gasteiger partial charge < -0.3 is 9.63 Å². The maximum absolute atomic E-state index is 11.0. The van der Waals surface area contributed by atoms with Crippen LogP contribution < -0.4 is 5.59 Å². The molecule has 0 aromatic rings. The summed E-state index contributed by atoms with van der Waals surface area (Å²) >= 11 is 0. The van der Waals surface area contributed by atoms with Crippen LogP contribution in [0.1, 0.15) is 0 Å². The molecule has 0 amide bonds. The summed E-state index contributed by atoms with van der Waals surface area (Å²) in [4.78, 5) is 15.8. The van der Waals surface area contributed by atoms with E-state index in [1.807, 2.05) is 7.05 Å². The molecular formula is C7H10N4O2. The number of hydrogen-bond acceptors (Lipinski definition) is 6. The fourth-order valence-corrected chi connectivity index (χ4v) is 1.34. The molecule has 6 heteroatoms. The van der Waals surface area contributed by atoms with Crippen LogP contribution in [0.5, 0.6) is 0 Å². The third-order valence-electron chi connectivity index (χ3n) is 2.04. The van der Waals surface area contributed by atoms with Gasteiger partial charge in [0.2, 0.25) is 0 Å². The molecule has 2 heterocycles. The highest BCUT2D eigenvalue weighted by atomic mass is 16.7. The zero-order valence-electron chi connectivity index (χ0n) is 7.17. The van der Waals surface area contributed by atoms with Gasteiger partial charge in [-0.25, -0.2) is 0 Å². The number of likely N-dealkylation sites (N-methyl/N-ethyl adjacent to an activating group) is 1. The number of hydrazone groups is 1. The Morgan fingerprint density at radius 1 is 1.77 bits per heavy atom. The molecule has 2 aliphatic rings. The molecule has 0 saturated heterocycles. The first kappa shape index (κ1) is 8.06. The van der Waals surface area contributed by atoms with E-state index in [2.05, 4.69) is 10.7 Å². The van der Waals surface area contributed by atoms with E-state index in [0.29, 0.717) is 6.54 Å². The van der Waals surface area contributed by atoms with Crippen LogP contribution in [0.15, 0.2) is 17.6 Å². The summed E-state index contributed by atoms with van der Waals surface area (Å²) in [6.45, 7) is 0.511. The van der Waals surface area contributed by atoms with Gasteiger partial charge in [-0.05, 0) is 0 Å². The van der Waals surface area contributed by atoms with E-state index in [0.717, 1.165) is 6.29 Å². The maximum Gasteiger partial charge on any atom is 0.169 e. The van der Waals surface area contributed by atoms with Crippen LogP contribution in [0.2, 0.25) is 0 Å². The fourth-order valence-electron chi connectivity index (χ4n) is 1.34. The van der Waals surface area contributed by atoms with Gasteiger partial charge >= 0.3 is 0 Å². The predicted octanol–water partition coefficient (Wildman–Crippen LogP) is -0.922. The van der Waals surface area contributed by atoms with E-state index < -0.39 is 5.54 Å². The zero-order chi connectivity index (χ0) is 9.31. The van der Waals surface area contributed by atoms with Crippen LogP contribution >= 0.6 is 0 Å². The topological polar surface area (TPSA) is 57.2 Å². The van der Waals surface area contributed by atoms with Gasteiger partial charge in [0, 0.05) is 7.05 Å². The van der Waals surface area contributed by atoms with Gasteiger partial charge in [-0.3, -0.25) is 10.0 Å². The second-order valence-electron chi connectivity index (χ2n) is 3.03. The van der Waals surface area contributed by atoms with E-state index in [-0.39, 0.29) is 0 Å². The average Bonchev–Trinajstić information content (AvgIpc) is 2.73. The Balaban J connectivity index is 2.21. The van der Waals surface area contributed by atoms with Crippen LogP contribution in [0.4, 0.5) is 0 Å². The van der Waals surface area contributed by atoms with Crippen molar-refractivity contribution in [2.24, 2.45) is 5.10 Å². The first-order chi connectivity index (χ1) is 6.27. The minimum atomic E-state index is -0.748. The van der Waals surface area contributed by atoms with Crippen molar-refractivity contribution in [3.8, 4) is 0 Å². The van der Waals surface area contributed by atoms with E-state index in [9.17, 15) is 4.79 Å². The lowest BCUT2D eigenvalue weighted by Crippen LogP contribution is -2.55. The summed E-state index contributed by atoms with van der Waals surface area (Å²) < 4.78 is 0. The highest BCUT2D eigenvalue weighted by molar-refractivity contribution is 5.93. The normalized spacial score (nSPS) is 31.2. The van der Waals surface area contributed by atoms with Gasteiger partial charge in [0.1, 0.15) is 6.26 Å². The van der Waals surface area contributed by atoms with E-state index in [4.69, 9.17) is 4.84 Å². The predicted molar refractivity (Wildman–Crippen MR) is 45.1 cm³/mol. The number of carbonyl (C=O) groups excluding carboxylic acids is 1. The van der Waals surface area contributed by atoms with Crippen LogP contribution in [0, 0.1) is 0 Å². The smallest absolute Gasteiger partial charge is 0.169 e. The summed E-state index contributed by atoms with van der Waals surface area (Å²) in [6, 6.07) is 0. The Labute approximate surface area is 75.4 Å². The summed E-state index contributed by atoms with van der Waals surface area (Å²) in [6.07, 6.45) is 5.55. The maximum atomic E-state index is 11.0. The van der Waals surface area contributed by atoms with E-state index >= 15 is 0 Å². The number of hydrogen-bond donors (Lipinski definition) is 1. The van der Waals surface area contributed by atoms with Gasteiger partial charge in [-0.2, -0.15) is 5.10 Å². The van der Waals surface area contributed by atoms with Crippen LogP contribution in [-0.4, -0.2) is 41.6 Å². The van der Waals surface area contributed by atoms with Crippen molar-refractivity contribution in [1.29, 1.82) is 0 Å². The number of rotatable bonds is 2. The molecule has 0 bridgehead atoms. The van der Waals surface area contributed by atoms with Gasteiger partial charge in [0.25, 0.3) is 0 Å². The molecule has 1 atom stereocenters. The van der Waals surface area contributed by atoms with Gasteiger partial charge in [-0.1, -0.05) is 5.59 Å². The second-order valence-corrected chi connectivity index (χ2v) is 3.03. The highest BCUT2D eigenvalue weighted by Gasteiger charge is 2.40. The van der Waals surface area contributed by atoms with Crippen molar-refractivity contribution in [1.82, 2.24) is 15.6 Å². The number of aldehydes is 1. The Kier molecular flexibility index (Phi) is 1.70. The van der Waals surface area contributed by atoms with E-state index in [1.54, 1.807) is 22.4 Å². The summed E-state index contributed by atoms with van der Waals surface area (Å²) in [5.74, 6) is 0. The first-order valence-electron chi connectivity index (χ1n) is 3.87. The average molecular weight is 182 g/mol. The van der Waals surface area contributed by atoms with Crippen LogP contribution in [0.25, 0.3) is 0 Å². The summed E-state index contributed by atoms with van der Waals surface area (Å²) in [5.41, 5.74) is 1.84. The molecule has 0 aromatic heterocycles. The highest BCUT2D eigenvalue weighted by Crippen LogP contribution is 2.18. The van der Waals surface area contributed by atoms with Crippen molar-refractivity contribution in [3.63, 3.8) is 0 Å². The third kappa shape index (κ3) is 1.15. The molecule has 13 heavy (non-hydrogen) atoms. The molecule has 70 valence electrons. The monoisotopic (exact) mass is 182 g/mol. The lowest BCUT2D eigenvalue weighted by atomic mass is 10.0. The van der Waals surface area contributed by atoms with Crippen LogP contribution in [-0.2, 0) is 9.63 Å². The van der Waals surface area contributed by atoms with E-state index in [1.165, 1.54) is 6.26 Å². The second kappa shape index (κ2) is 2.74. The van der Waals surface area contributed by atoms with Crippen molar-refractivity contribution >= 4 is 12.5 Å². The number of hydrazine groups is 1. The van der Waals surface area contributed by atoms with Crippen molar-refractivity contribution < 1.29 is 9.63 Å². The van der Waals surface area contributed by atoms with Crippen molar-refractivity contribution in [3.05, 3.63) is 12.5 Å². The molecule has 1 N–H and O–H groups in total. The molecule has 2 rings (SSSR count). The standard InChI is InChI=1S/C7H10N4O2/c1-10-5-7(6-12,4-8-10)11-2-3-13-9-11/h2-4,6,9H,5H2,1H3. The largest absolute Gasteiger partial charge is 0.395 e. The number of carbonyl (C=O) groups is 1. The molecule has 2 aliphatic heterocycles. The van der Waals surface area contributed by atoms with Gasteiger partial charge in [-0.15, -0.1) is 0 Å². The van der Waals surface area contributed by atoms with Crippen molar-refractivity contribution in [2.45, 2.75) is 5.54 Å². The third-order valence-corrected chi connectivity index (χ3v) is 2.04. The lowest BCUT2D eigenvalue weighted by molar-refractivity contribution is -0.118. The minimum absolute atomic E-state index is 0.511. The Morgan fingerprint density at radius 3 is 3.08 bits per heavy atom. The van der Waals surface area contributed by atoms with Crippen molar-refractivity contribution in [2.75, 3.05) is 13.6 Å². The molecule has 0 saturated carbocycles. The quantitative estimate of drug-likeness (QED) is 0.560. The Hall–Kier alpha value is -1.56. The molecule has 1 unspecified atom stereocenters. The molecular weight excluding hydrogens is 172 g/mol. The first-order valence-corrected chi connectivity index (χ1v) is 3.87. The fraction of sp³-hybridized carbons (Fsp3) is 0.429. The molecule has 0 radical (unpaired) electrons. The molecule has 0 fully saturated rings. The molecule has 0 aromatic carbocycles. The number of nitrogens with zero attached hydrogens (tertiary/aromatic N) is 3.